The molecule has 10 nitrogen and oxygen atoms in total. The van der Waals surface area contributed by atoms with Gasteiger partial charge in [-0.1, -0.05) is 6.07 Å². The van der Waals surface area contributed by atoms with Gasteiger partial charge in [-0.2, -0.15) is 28.2 Å². The van der Waals surface area contributed by atoms with Gasteiger partial charge in [-0.3, -0.25) is 4.90 Å². The Morgan fingerprint density at radius 2 is 1.84 bits per heavy atom. The van der Waals surface area contributed by atoms with Crippen molar-refractivity contribution in [3.8, 4) is 5.69 Å². The van der Waals surface area contributed by atoms with E-state index in [2.05, 4.69) is 25.2 Å². The van der Waals surface area contributed by atoms with Crippen LogP contribution in [0, 0.1) is 0 Å². The molecule has 1 N–H and O–H groups in total. The molecule has 0 atom stereocenters. The summed E-state index contributed by atoms with van der Waals surface area (Å²) in [6, 6.07) is 5.21. The van der Waals surface area contributed by atoms with E-state index in [1.165, 1.54) is 17.0 Å². The molecule has 4 heterocycles. The number of rotatable bonds is 6. The van der Waals surface area contributed by atoms with Gasteiger partial charge in [-0.05, 0) is 31.0 Å². The molecule has 0 bridgehead atoms. The van der Waals surface area contributed by atoms with Gasteiger partial charge in [-0.15, -0.1) is 0 Å². The molecule has 0 spiro atoms. The van der Waals surface area contributed by atoms with Crippen LogP contribution in [-0.4, -0.2) is 96.0 Å². The monoisotopic (exact) mass is 551 g/mol. The first-order chi connectivity index (χ1) is 18.1. The Bertz CT molecular complexity index is 1440. The third kappa shape index (κ3) is 4.80. The smallest absolute Gasteiger partial charge is 0.379 e. The van der Waals surface area contributed by atoms with Crippen LogP contribution in [0.1, 0.15) is 18.4 Å². The second kappa shape index (κ2) is 9.35. The fourth-order valence-corrected chi connectivity index (χ4v) is 6.38. The van der Waals surface area contributed by atoms with Gasteiger partial charge >= 0.3 is 6.18 Å². The topological polar surface area (TPSA) is 105 Å². The second-order valence-corrected chi connectivity index (χ2v) is 12.5. The Labute approximate surface area is 217 Å². The van der Waals surface area contributed by atoms with Crippen molar-refractivity contribution in [3.05, 3.63) is 36.0 Å². The molecule has 3 aromatic rings. The molecule has 14 heteroatoms. The minimum atomic E-state index is -4.49. The number of hydrogen-bond acceptors (Lipinski definition) is 9. The van der Waals surface area contributed by atoms with Crippen molar-refractivity contribution in [1.29, 1.82) is 0 Å². The number of halogens is 3. The third-order valence-electron chi connectivity index (χ3n) is 7.58. The van der Waals surface area contributed by atoms with Crippen molar-refractivity contribution in [1.82, 2.24) is 24.6 Å². The lowest BCUT2D eigenvalue weighted by Gasteiger charge is -2.47. The van der Waals surface area contributed by atoms with E-state index in [-0.39, 0.29) is 11.7 Å². The molecule has 2 aromatic heterocycles. The molecule has 0 unspecified atom stereocenters. The van der Waals surface area contributed by atoms with E-state index in [1.807, 2.05) is 0 Å². The molecule has 38 heavy (non-hydrogen) atoms. The molecule has 2 saturated heterocycles. The van der Waals surface area contributed by atoms with E-state index in [9.17, 15) is 21.6 Å². The standard InChI is InChI=1S/C24H28F3N7O3S/c1-38(35,36)19-10-16(11-19)29-23-30-21(33-13-18(14-33)32-5-7-37-8-6-32)20-12-28-34(22(20)31-23)17-4-2-3-15(9-17)24(25,26)27/h2-4,9,12,16,18-19H,5-8,10-11,13-14H2,1H3,(H,29,30,31). The predicted molar refractivity (Wildman–Crippen MR) is 135 cm³/mol. The lowest BCUT2D eigenvalue weighted by molar-refractivity contribution is -0.137. The summed E-state index contributed by atoms with van der Waals surface area (Å²) in [5.74, 6) is 0.951. The number of benzene rings is 1. The van der Waals surface area contributed by atoms with Crippen LogP contribution < -0.4 is 10.2 Å². The van der Waals surface area contributed by atoms with E-state index in [0.717, 1.165) is 38.3 Å². The van der Waals surface area contributed by atoms with E-state index in [1.54, 1.807) is 12.3 Å². The molecular weight excluding hydrogens is 523 g/mol. The molecule has 2 aliphatic heterocycles. The van der Waals surface area contributed by atoms with Gasteiger partial charge in [0.1, 0.15) is 15.7 Å². The Morgan fingerprint density at radius 3 is 2.53 bits per heavy atom. The summed E-state index contributed by atoms with van der Waals surface area (Å²) < 4.78 is 70.6. The molecule has 3 aliphatic rings. The molecular formula is C24H28F3N7O3S. The average Bonchev–Trinajstić information content (AvgIpc) is 3.24. The average molecular weight is 552 g/mol. The molecule has 1 aromatic carbocycles. The fraction of sp³-hybridized carbons (Fsp3) is 0.542. The Kier molecular flexibility index (Phi) is 6.23. The number of nitrogens with zero attached hydrogens (tertiary/aromatic N) is 6. The minimum Gasteiger partial charge on any atom is -0.379 e. The van der Waals surface area contributed by atoms with E-state index >= 15 is 0 Å². The lowest BCUT2D eigenvalue weighted by Crippen LogP contribution is -2.61. The summed E-state index contributed by atoms with van der Waals surface area (Å²) in [6.07, 6.45) is -0.772. The van der Waals surface area contributed by atoms with Crippen LogP contribution in [-0.2, 0) is 20.8 Å². The molecule has 0 radical (unpaired) electrons. The summed E-state index contributed by atoms with van der Waals surface area (Å²) >= 11 is 0. The zero-order chi connectivity index (χ0) is 26.7. The Balaban J connectivity index is 1.33. The van der Waals surface area contributed by atoms with E-state index < -0.39 is 26.8 Å². The number of fused-ring (bicyclic) bond motifs is 1. The minimum absolute atomic E-state index is 0.109. The Morgan fingerprint density at radius 1 is 1.11 bits per heavy atom. The Hall–Kier alpha value is -2.97. The zero-order valence-electron chi connectivity index (χ0n) is 20.7. The van der Waals surface area contributed by atoms with Crippen LogP contribution in [0.2, 0.25) is 0 Å². The zero-order valence-corrected chi connectivity index (χ0v) is 21.5. The molecule has 0 amide bonds. The van der Waals surface area contributed by atoms with Crippen molar-refractivity contribution in [3.63, 3.8) is 0 Å². The predicted octanol–water partition coefficient (Wildman–Crippen LogP) is 2.34. The number of hydrogen-bond donors (Lipinski definition) is 1. The summed E-state index contributed by atoms with van der Waals surface area (Å²) in [7, 11) is -3.12. The molecule has 3 fully saturated rings. The maximum Gasteiger partial charge on any atom is 0.416 e. The number of alkyl halides is 3. The van der Waals surface area contributed by atoms with Gasteiger partial charge in [-0.25, -0.2) is 13.1 Å². The number of anilines is 2. The third-order valence-corrected chi connectivity index (χ3v) is 9.18. The van der Waals surface area contributed by atoms with Gasteiger partial charge in [0.15, 0.2) is 5.65 Å². The number of ether oxygens (including phenoxy) is 1. The first-order valence-corrected chi connectivity index (χ1v) is 14.5. The van der Waals surface area contributed by atoms with Gasteiger partial charge in [0, 0.05) is 44.5 Å². The summed E-state index contributed by atoms with van der Waals surface area (Å²) in [6.45, 7) is 4.67. The highest BCUT2D eigenvalue weighted by molar-refractivity contribution is 7.91. The fourth-order valence-electron chi connectivity index (χ4n) is 5.22. The first kappa shape index (κ1) is 25.3. The van der Waals surface area contributed by atoms with Crippen molar-refractivity contribution in [2.75, 3.05) is 55.9 Å². The van der Waals surface area contributed by atoms with Gasteiger partial charge < -0.3 is 15.0 Å². The summed E-state index contributed by atoms with van der Waals surface area (Å²) in [4.78, 5) is 13.9. The van der Waals surface area contributed by atoms with Gasteiger partial charge in [0.25, 0.3) is 0 Å². The van der Waals surface area contributed by atoms with Crippen LogP contribution >= 0.6 is 0 Å². The maximum absolute atomic E-state index is 13.4. The van der Waals surface area contributed by atoms with Crippen molar-refractivity contribution in [2.24, 2.45) is 0 Å². The van der Waals surface area contributed by atoms with Crippen LogP contribution in [0.15, 0.2) is 30.5 Å². The second-order valence-electron chi connectivity index (χ2n) is 10.2. The van der Waals surface area contributed by atoms with Crippen LogP contribution in [0.25, 0.3) is 16.7 Å². The molecule has 204 valence electrons. The first-order valence-electron chi connectivity index (χ1n) is 12.5. The molecule has 1 aliphatic carbocycles. The summed E-state index contributed by atoms with van der Waals surface area (Å²) in [5.41, 5.74) is -0.157. The van der Waals surface area contributed by atoms with Crippen molar-refractivity contribution < 1.29 is 26.3 Å². The normalized spacial score (nSPS) is 23.3. The van der Waals surface area contributed by atoms with Crippen LogP contribution in [0.4, 0.5) is 24.9 Å². The quantitative estimate of drug-likeness (QED) is 0.494. The number of aromatic nitrogens is 4. The van der Waals surface area contributed by atoms with E-state index in [0.29, 0.717) is 54.9 Å². The lowest BCUT2D eigenvalue weighted by atomic mass is 9.92. The van der Waals surface area contributed by atoms with Crippen molar-refractivity contribution in [2.45, 2.75) is 36.4 Å². The SMILES string of the molecule is CS(=O)(=O)C1CC(Nc2nc(N3CC(N4CCOCC4)C3)c3cnn(-c4cccc(C(F)(F)F)c4)c3n2)C1. The van der Waals surface area contributed by atoms with Gasteiger partial charge in [0.2, 0.25) is 5.95 Å². The maximum atomic E-state index is 13.4. The molecule has 1 saturated carbocycles. The highest BCUT2D eigenvalue weighted by Gasteiger charge is 2.38. The highest BCUT2D eigenvalue weighted by Crippen LogP contribution is 2.35. The largest absolute Gasteiger partial charge is 0.416 e. The highest BCUT2D eigenvalue weighted by atomic mass is 32.2. The van der Waals surface area contributed by atoms with E-state index in [4.69, 9.17) is 9.72 Å². The summed E-state index contributed by atoms with van der Waals surface area (Å²) in [5, 5.41) is 7.85. The number of nitrogens with one attached hydrogen (secondary N) is 1. The number of morpholine rings is 1. The molecule has 6 rings (SSSR count). The van der Waals surface area contributed by atoms with Crippen molar-refractivity contribution >= 4 is 32.6 Å². The van der Waals surface area contributed by atoms with Crippen LogP contribution in [0.5, 0.6) is 0 Å². The van der Waals surface area contributed by atoms with Gasteiger partial charge in [0.05, 0.1) is 41.3 Å². The van der Waals surface area contributed by atoms with Crippen LogP contribution in [0.3, 0.4) is 0 Å². The number of sulfone groups is 1.